The van der Waals surface area contributed by atoms with E-state index in [9.17, 15) is 0 Å². The van der Waals surface area contributed by atoms with E-state index in [1.54, 1.807) is 7.11 Å². The first-order chi connectivity index (χ1) is 12.8. The fourth-order valence-corrected chi connectivity index (χ4v) is 6.07. The van der Waals surface area contributed by atoms with Crippen molar-refractivity contribution in [2.45, 2.75) is 88.0 Å². The van der Waals surface area contributed by atoms with Gasteiger partial charge >= 0.3 is 0 Å². The molecule has 3 rings (SSSR count). The predicted molar refractivity (Wildman–Crippen MR) is 122 cm³/mol. The van der Waals surface area contributed by atoms with Crippen molar-refractivity contribution in [2.24, 2.45) is 28.6 Å². The minimum atomic E-state index is 0. The van der Waals surface area contributed by atoms with Gasteiger partial charge in [-0.05, 0) is 73.0 Å². The summed E-state index contributed by atoms with van der Waals surface area (Å²) in [6, 6.07) is 6.20. The molecule has 4 unspecified atom stereocenters. The van der Waals surface area contributed by atoms with E-state index in [0.29, 0.717) is 16.7 Å². The molecule has 0 aliphatic heterocycles. The van der Waals surface area contributed by atoms with Crippen LogP contribution in [0.15, 0.2) is 18.2 Å². The Morgan fingerprint density at radius 3 is 2.29 bits per heavy atom. The smallest absolute Gasteiger partial charge is 0.123 e. The third-order valence-corrected chi connectivity index (χ3v) is 7.41. The number of benzene rings is 1. The second-order valence-corrected chi connectivity index (χ2v) is 9.56. The Hall–Kier alpha value is -1.18. The summed E-state index contributed by atoms with van der Waals surface area (Å²) in [5, 5.41) is 0. The summed E-state index contributed by atoms with van der Waals surface area (Å²) >= 11 is 0. The van der Waals surface area contributed by atoms with Crippen LogP contribution in [0.2, 0.25) is 0 Å². The van der Waals surface area contributed by atoms with Gasteiger partial charge in [0.25, 0.3) is 0 Å². The molecule has 2 heteroatoms. The maximum absolute atomic E-state index is 6.34. The van der Waals surface area contributed by atoms with Crippen LogP contribution in [0.5, 0.6) is 11.5 Å². The molecule has 2 fully saturated rings. The van der Waals surface area contributed by atoms with Gasteiger partial charge in [-0.25, -0.2) is 0 Å². The van der Waals surface area contributed by atoms with Crippen molar-refractivity contribution in [3.8, 4) is 11.5 Å². The van der Waals surface area contributed by atoms with Crippen LogP contribution >= 0.6 is 0 Å². The molecule has 1 aromatic rings. The third-order valence-electron chi connectivity index (χ3n) is 7.41. The van der Waals surface area contributed by atoms with Gasteiger partial charge in [0, 0.05) is 12.0 Å². The van der Waals surface area contributed by atoms with E-state index in [1.165, 1.54) is 37.7 Å². The largest absolute Gasteiger partial charge is 0.497 e. The van der Waals surface area contributed by atoms with Gasteiger partial charge in [-0.1, -0.05) is 55.4 Å². The first kappa shape index (κ1) is 24.9. The van der Waals surface area contributed by atoms with E-state index in [2.05, 4.69) is 46.8 Å². The standard InChI is InChI=1S/C23H36O2.C2H6.CH4/c1-16-12-18(24-6)14-19(13-16)25-15-20-17(2)8-9-21-22(3,4)10-7-11-23(20,21)5;1-2;/h12-14,17,20-21H,7-11,15H2,1-6H3;1-2H3;1H4. The molecule has 0 heterocycles. The first-order valence-electron chi connectivity index (χ1n) is 11.0. The van der Waals surface area contributed by atoms with Gasteiger partial charge in [0.1, 0.15) is 11.5 Å². The summed E-state index contributed by atoms with van der Waals surface area (Å²) in [6.45, 7) is 16.9. The number of hydrogen-bond donors (Lipinski definition) is 0. The van der Waals surface area contributed by atoms with Crippen LogP contribution in [-0.4, -0.2) is 13.7 Å². The van der Waals surface area contributed by atoms with Crippen molar-refractivity contribution in [2.75, 3.05) is 13.7 Å². The molecular weight excluding hydrogens is 344 g/mol. The third kappa shape index (κ3) is 5.05. The Bertz CT molecular complexity index is 606. The quantitative estimate of drug-likeness (QED) is 0.519. The Morgan fingerprint density at radius 2 is 1.64 bits per heavy atom. The summed E-state index contributed by atoms with van der Waals surface area (Å²) in [7, 11) is 1.72. The van der Waals surface area contributed by atoms with E-state index in [4.69, 9.17) is 9.47 Å². The highest BCUT2D eigenvalue weighted by Crippen LogP contribution is 2.61. The lowest BCUT2D eigenvalue weighted by molar-refractivity contribution is -0.105. The maximum atomic E-state index is 6.34. The van der Waals surface area contributed by atoms with E-state index < -0.39 is 0 Å². The summed E-state index contributed by atoms with van der Waals surface area (Å²) in [4.78, 5) is 0. The maximum Gasteiger partial charge on any atom is 0.123 e. The molecule has 0 aromatic heterocycles. The second kappa shape index (κ2) is 10.0. The van der Waals surface area contributed by atoms with Crippen molar-refractivity contribution in [1.82, 2.24) is 0 Å². The zero-order valence-electron chi connectivity index (χ0n) is 19.0. The average molecular weight is 391 g/mol. The van der Waals surface area contributed by atoms with Crippen molar-refractivity contribution < 1.29 is 9.47 Å². The Morgan fingerprint density at radius 1 is 1.00 bits per heavy atom. The minimum absolute atomic E-state index is 0. The first-order valence-corrected chi connectivity index (χ1v) is 11.0. The zero-order valence-corrected chi connectivity index (χ0v) is 19.0. The van der Waals surface area contributed by atoms with Gasteiger partial charge in [-0.2, -0.15) is 0 Å². The summed E-state index contributed by atoms with van der Waals surface area (Å²) in [5.41, 5.74) is 2.07. The number of ether oxygens (including phenoxy) is 2. The average Bonchev–Trinajstić information content (AvgIpc) is 2.61. The number of aryl methyl sites for hydroxylation is 1. The van der Waals surface area contributed by atoms with E-state index in [0.717, 1.165) is 29.9 Å². The molecule has 2 saturated carbocycles. The van der Waals surface area contributed by atoms with Gasteiger partial charge in [0.2, 0.25) is 0 Å². The van der Waals surface area contributed by atoms with Gasteiger partial charge in [0.15, 0.2) is 0 Å². The van der Waals surface area contributed by atoms with Gasteiger partial charge in [-0.3, -0.25) is 0 Å². The van der Waals surface area contributed by atoms with Crippen LogP contribution in [0.3, 0.4) is 0 Å². The van der Waals surface area contributed by atoms with Crippen LogP contribution in [0, 0.1) is 35.5 Å². The highest BCUT2D eigenvalue weighted by Gasteiger charge is 2.53. The number of rotatable bonds is 4. The lowest BCUT2D eigenvalue weighted by atomic mass is 9.47. The van der Waals surface area contributed by atoms with Crippen molar-refractivity contribution in [3.63, 3.8) is 0 Å². The minimum Gasteiger partial charge on any atom is -0.497 e. The second-order valence-electron chi connectivity index (χ2n) is 9.56. The molecule has 2 nitrogen and oxygen atoms in total. The molecule has 0 spiro atoms. The summed E-state index contributed by atoms with van der Waals surface area (Å²) in [5.74, 6) is 4.03. The van der Waals surface area contributed by atoms with E-state index >= 15 is 0 Å². The Kier molecular flexibility index (Phi) is 8.91. The van der Waals surface area contributed by atoms with E-state index in [1.807, 2.05) is 19.9 Å². The Labute approximate surface area is 175 Å². The number of hydrogen-bond acceptors (Lipinski definition) is 2. The van der Waals surface area contributed by atoms with Crippen LogP contribution in [0.4, 0.5) is 0 Å². The molecule has 0 amide bonds. The SMILES string of the molecule is C.CC.COc1cc(C)cc(OCC2C(C)CCC3C(C)(C)CCCC23C)c1. The molecular formula is C26H46O2. The molecule has 0 N–H and O–H groups in total. The van der Waals surface area contributed by atoms with Crippen LogP contribution in [0.1, 0.15) is 86.6 Å². The fourth-order valence-electron chi connectivity index (χ4n) is 6.07. The zero-order chi connectivity index (χ0) is 20.2. The van der Waals surface area contributed by atoms with Crippen molar-refractivity contribution in [1.29, 1.82) is 0 Å². The molecule has 2 aliphatic rings. The topological polar surface area (TPSA) is 18.5 Å². The lowest BCUT2D eigenvalue weighted by Gasteiger charge is -2.59. The van der Waals surface area contributed by atoms with Crippen LogP contribution < -0.4 is 9.47 Å². The molecule has 28 heavy (non-hydrogen) atoms. The molecule has 0 bridgehead atoms. The van der Waals surface area contributed by atoms with Gasteiger partial charge < -0.3 is 9.47 Å². The predicted octanol–water partition coefficient (Wildman–Crippen LogP) is 7.92. The monoisotopic (exact) mass is 390 g/mol. The van der Waals surface area contributed by atoms with E-state index in [-0.39, 0.29) is 7.43 Å². The number of fused-ring (bicyclic) bond motifs is 1. The highest BCUT2D eigenvalue weighted by atomic mass is 16.5. The van der Waals surface area contributed by atoms with Gasteiger partial charge in [0.05, 0.1) is 13.7 Å². The summed E-state index contributed by atoms with van der Waals surface area (Å²) in [6.07, 6.45) is 6.83. The lowest BCUT2D eigenvalue weighted by Crippen LogP contribution is -2.52. The van der Waals surface area contributed by atoms with Gasteiger partial charge in [-0.15, -0.1) is 0 Å². The molecule has 0 saturated heterocycles. The molecule has 4 atom stereocenters. The van der Waals surface area contributed by atoms with Crippen molar-refractivity contribution in [3.05, 3.63) is 23.8 Å². The Balaban J connectivity index is 0.00000127. The summed E-state index contributed by atoms with van der Waals surface area (Å²) < 4.78 is 11.7. The highest BCUT2D eigenvalue weighted by molar-refractivity contribution is 5.37. The normalized spacial score (nSPS) is 30.8. The van der Waals surface area contributed by atoms with Crippen LogP contribution in [0.25, 0.3) is 0 Å². The molecule has 0 radical (unpaired) electrons. The fraction of sp³-hybridized carbons (Fsp3) is 0.769. The number of methoxy groups -OCH3 is 1. The molecule has 2 aliphatic carbocycles. The van der Waals surface area contributed by atoms with Crippen LogP contribution in [-0.2, 0) is 0 Å². The van der Waals surface area contributed by atoms with Crippen molar-refractivity contribution >= 4 is 0 Å². The molecule has 1 aromatic carbocycles. The molecule has 162 valence electrons.